The fourth-order valence-electron chi connectivity index (χ4n) is 3.50. The van der Waals surface area contributed by atoms with Crippen LogP contribution >= 0.6 is 11.3 Å². The topological polar surface area (TPSA) is 51.2 Å². The van der Waals surface area contributed by atoms with Crippen LogP contribution in [0.1, 0.15) is 27.0 Å². The van der Waals surface area contributed by atoms with E-state index < -0.39 is 0 Å². The number of carbonyl (C=O) groups excluding carboxylic acids is 1. The number of nitrogens with zero attached hydrogens (tertiary/aromatic N) is 1. The van der Waals surface area contributed by atoms with E-state index in [4.69, 9.17) is 4.74 Å². The maximum absolute atomic E-state index is 12.6. The number of aryl methyl sites for hydroxylation is 3. The summed E-state index contributed by atoms with van der Waals surface area (Å²) in [5.41, 5.74) is 6.16. The molecule has 0 aliphatic rings. The maximum atomic E-state index is 12.6. The van der Waals surface area contributed by atoms with Crippen molar-refractivity contribution in [3.8, 4) is 22.8 Å². The van der Waals surface area contributed by atoms with Crippen molar-refractivity contribution < 1.29 is 9.53 Å². The lowest BCUT2D eigenvalue weighted by atomic mass is 9.98. The van der Waals surface area contributed by atoms with Crippen LogP contribution in [0.5, 0.6) is 11.5 Å². The van der Waals surface area contributed by atoms with Crippen molar-refractivity contribution >= 4 is 22.4 Å². The van der Waals surface area contributed by atoms with Crippen LogP contribution in [0.25, 0.3) is 11.3 Å². The molecule has 0 atom stereocenters. The average Bonchev–Trinajstić information content (AvgIpc) is 3.16. The molecule has 0 fully saturated rings. The van der Waals surface area contributed by atoms with Crippen LogP contribution in [0.4, 0.5) is 5.13 Å². The summed E-state index contributed by atoms with van der Waals surface area (Å²) in [6.07, 6.45) is 0. The number of hydrogen-bond donors (Lipinski definition) is 1. The second-order valence-corrected chi connectivity index (χ2v) is 8.06. The highest BCUT2D eigenvalue weighted by atomic mass is 32.1. The summed E-state index contributed by atoms with van der Waals surface area (Å²) in [4.78, 5) is 17.3. The number of anilines is 1. The molecule has 0 radical (unpaired) electrons. The normalized spacial score (nSPS) is 10.6. The second-order valence-electron chi connectivity index (χ2n) is 7.21. The van der Waals surface area contributed by atoms with Crippen molar-refractivity contribution in [2.75, 3.05) is 5.32 Å². The minimum atomic E-state index is -0.195. The molecule has 1 N–H and O–H groups in total. The molecule has 150 valence electrons. The molecule has 4 nitrogen and oxygen atoms in total. The van der Waals surface area contributed by atoms with E-state index in [1.807, 2.05) is 35.7 Å². The molecule has 4 rings (SSSR count). The van der Waals surface area contributed by atoms with Gasteiger partial charge in [0.1, 0.15) is 11.5 Å². The fourth-order valence-corrected chi connectivity index (χ4v) is 4.19. The van der Waals surface area contributed by atoms with Crippen molar-refractivity contribution in [3.63, 3.8) is 0 Å². The third-order valence-electron chi connectivity index (χ3n) is 4.75. The van der Waals surface area contributed by atoms with E-state index in [1.165, 1.54) is 28.0 Å². The molecule has 0 saturated heterocycles. The highest BCUT2D eigenvalue weighted by molar-refractivity contribution is 7.14. The van der Waals surface area contributed by atoms with E-state index in [0.717, 1.165) is 17.0 Å². The Morgan fingerprint density at radius 1 is 0.900 bits per heavy atom. The van der Waals surface area contributed by atoms with E-state index >= 15 is 0 Å². The monoisotopic (exact) mass is 414 g/mol. The van der Waals surface area contributed by atoms with E-state index in [2.05, 4.69) is 43.2 Å². The first-order valence-electron chi connectivity index (χ1n) is 9.67. The Balaban J connectivity index is 1.46. The van der Waals surface area contributed by atoms with Gasteiger partial charge >= 0.3 is 0 Å². The molecule has 1 aromatic heterocycles. The minimum absolute atomic E-state index is 0.195. The number of ether oxygens (including phenoxy) is 1. The SMILES string of the molecule is Cc1cc(C)c(-c2csc(NC(=O)c3ccc(Oc4ccccc4)cc3)n2)c(C)c1. The van der Waals surface area contributed by atoms with Gasteiger partial charge in [-0.05, 0) is 68.3 Å². The third kappa shape index (κ3) is 4.42. The van der Waals surface area contributed by atoms with Crippen LogP contribution in [0.2, 0.25) is 0 Å². The fraction of sp³-hybridized carbons (Fsp3) is 0.120. The summed E-state index contributed by atoms with van der Waals surface area (Å²) in [6.45, 7) is 6.27. The van der Waals surface area contributed by atoms with Gasteiger partial charge in [-0.15, -0.1) is 11.3 Å². The zero-order valence-corrected chi connectivity index (χ0v) is 17.9. The number of rotatable bonds is 5. The Kier molecular flexibility index (Phi) is 5.63. The second kappa shape index (κ2) is 8.51. The number of amides is 1. The largest absolute Gasteiger partial charge is 0.457 e. The molecule has 1 amide bonds. The number of thiazole rings is 1. The lowest BCUT2D eigenvalue weighted by Crippen LogP contribution is -2.11. The molecule has 0 spiro atoms. The molecule has 0 bridgehead atoms. The lowest BCUT2D eigenvalue weighted by molar-refractivity contribution is 0.102. The van der Waals surface area contributed by atoms with Gasteiger partial charge in [-0.25, -0.2) is 4.98 Å². The number of aromatic nitrogens is 1. The van der Waals surface area contributed by atoms with Gasteiger partial charge in [0, 0.05) is 16.5 Å². The Bertz CT molecular complexity index is 1160. The van der Waals surface area contributed by atoms with Crippen LogP contribution in [-0.2, 0) is 0 Å². The van der Waals surface area contributed by atoms with Gasteiger partial charge in [0.25, 0.3) is 5.91 Å². The van der Waals surface area contributed by atoms with E-state index in [0.29, 0.717) is 16.4 Å². The molecule has 30 heavy (non-hydrogen) atoms. The summed E-state index contributed by atoms with van der Waals surface area (Å²) in [5, 5.41) is 5.46. The first-order chi connectivity index (χ1) is 14.5. The predicted octanol–water partition coefficient (Wildman–Crippen LogP) is 6.78. The standard InChI is InChI=1S/C25H22N2O2S/c1-16-13-17(2)23(18(3)14-16)22-15-30-25(26-22)27-24(28)19-9-11-21(12-10-19)29-20-7-5-4-6-8-20/h4-15H,1-3H3,(H,26,27,28). The van der Waals surface area contributed by atoms with Crippen LogP contribution in [0.3, 0.4) is 0 Å². The summed E-state index contributed by atoms with van der Waals surface area (Å²) in [7, 11) is 0. The summed E-state index contributed by atoms with van der Waals surface area (Å²) < 4.78 is 5.77. The van der Waals surface area contributed by atoms with Crippen LogP contribution in [0, 0.1) is 20.8 Å². The summed E-state index contributed by atoms with van der Waals surface area (Å²) in [6, 6.07) is 20.9. The Morgan fingerprint density at radius 2 is 1.53 bits per heavy atom. The van der Waals surface area contributed by atoms with Gasteiger partial charge in [0.2, 0.25) is 0 Å². The average molecular weight is 415 g/mol. The number of para-hydroxylation sites is 1. The van der Waals surface area contributed by atoms with Crippen molar-refractivity contribution in [2.24, 2.45) is 0 Å². The molecule has 0 unspecified atom stereocenters. The minimum Gasteiger partial charge on any atom is -0.457 e. The lowest BCUT2D eigenvalue weighted by Gasteiger charge is -2.09. The van der Waals surface area contributed by atoms with Gasteiger partial charge in [-0.3, -0.25) is 10.1 Å². The molecular formula is C25H22N2O2S. The molecule has 1 heterocycles. The zero-order valence-electron chi connectivity index (χ0n) is 17.1. The quantitative estimate of drug-likeness (QED) is 0.392. The Hall–Kier alpha value is -3.44. The van der Waals surface area contributed by atoms with E-state index in [9.17, 15) is 4.79 Å². The van der Waals surface area contributed by atoms with Crippen molar-refractivity contribution in [1.29, 1.82) is 0 Å². The number of nitrogens with one attached hydrogen (secondary N) is 1. The smallest absolute Gasteiger partial charge is 0.257 e. The molecule has 0 saturated carbocycles. The predicted molar refractivity (Wildman–Crippen MR) is 123 cm³/mol. The van der Waals surface area contributed by atoms with Gasteiger partial charge in [-0.1, -0.05) is 35.9 Å². The highest BCUT2D eigenvalue weighted by Gasteiger charge is 2.13. The number of carbonyl (C=O) groups is 1. The van der Waals surface area contributed by atoms with Crippen molar-refractivity contribution in [1.82, 2.24) is 4.98 Å². The van der Waals surface area contributed by atoms with Crippen molar-refractivity contribution in [3.05, 3.63) is 94.4 Å². The molecule has 3 aromatic carbocycles. The van der Waals surface area contributed by atoms with Gasteiger partial charge in [0.15, 0.2) is 5.13 Å². The first kappa shape index (κ1) is 19.9. The summed E-state index contributed by atoms with van der Waals surface area (Å²) >= 11 is 1.43. The van der Waals surface area contributed by atoms with Crippen LogP contribution < -0.4 is 10.1 Å². The van der Waals surface area contributed by atoms with Crippen molar-refractivity contribution in [2.45, 2.75) is 20.8 Å². The van der Waals surface area contributed by atoms with Crippen LogP contribution in [-0.4, -0.2) is 10.9 Å². The van der Waals surface area contributed by atoms with Crippen LogP contribution in [0.15, 0.2) is 72.1 Å². The van der Waals surface area contributed by atoms with Gasteiger partial charge in [0.05, 0.1) is 5.69 Å². The number of benzene rings is 3. The summed E-state index contributed by atoms with van der Waals surface area (Å²) in [5.74, 6) is 1.24. The third-order valence-corrected chi connectivity index (χ3v) is 5.51. The molecule has 4 aromatic rings. The Labute approximate surface area is 180 Å². The molecule has 0 aliphatic heterocycles. The van der Waals surface area contributed by atoms with Gasteiger partial charge in [-0.2, -0.15) is 0 Å². The molecule has 5 heteroatoms. The van der Waals surface area contributed by atoms with Gasteiger partial charge < -0.3 is 4.74 Å². The highest BCUT2D eigenvalue weighted by Crippen LogP contribution is 2.31. The maximum Gasteiger partial charge on any atom is 0.257 e. The van der Waals surface area contributed by atoms with E-state index in [1.54, 1.807) is 24.3 Å². The Morgan fingerprint density at radius 3 is 2.20 bits per heavy atom. The molecule has 0 aliphatic carbocycles. The number of hydrogen-bond acceptors (Lipinski definition) is 4. The van der Waals surface area contributed by atoms with E-state index in [-0.39, 0.29) is 5.91 Å². The first-order valence-corrected chi connectivity index (χ1v) is 10.6. The zero-order chi connectivity index (χ0) is 21.1. The molecular weight excluding hydrogens is 392 g/mol.